The maximum atomic E-state index is 11.8. The van der Waals surface area contributed by atoms with Crippen LogP contribution >= 0.6 is 23.2 Å². The van der Waals surface area contributed by atoms with Crippen molar-refractivity contribution in [1.82, 2.24) is 10.3 Å². The number of carbonyl (C=O) groups is 2. The average molecular weight is 277 g/mol. The maximum absolute atomic E-state index is 11.8. The number of pyridine rings is 1. The lowest BCUT2D eigenvalue weighted by Crippen LogP contribution is -2.39. The van der Waals surface area contributed by atoms with E-state index >= 15 is 0 Å². The first kappa shape index (κ1) is 13.7. The fraction of sp³-hybridized carbons (Fsp3) is 0.300. The molecule has 0 aliphatic heterocycles. The average Bonchev–Trinajstić information content (AvgIpc) is 2.30. The van der Waals surface area contributed by atoms with Crippen LogP contribution in [-0.4, -0.2) is 30.0 Å². The lowest BCUT2D eigenvalue weighted by Gasteiger charge is -2.12. The third-order valence-corrected chi connectivity index (χ3v) is 2.48. The van der Waals surface area contributed by atoms with E-state index < -0.39 is 17.9 Å². The number of esters is 1. The van der Waals surface area contributed by atoms with Crippen LogP contribution in [0.25, 0.3) is 0 Å². The number of nitrogens with zero attached hydrogens (tertiary/aromatic N) is 1. The number of ether oxygens (including phenoxy) is 1. The molecule has 1 N–H and O–H groups in total. The highest BCUT2D eigenvalue weighted by Gasteiger charge is 2.19. The summed E-state index contributed by atoms with van der Waals surface area (Å²) in [6.45, 7) is 1.50. The molecule has 5 nitrogen and oxygen atoms in total. The van der Waals surface area contributed by atoms with Gasteiger partial charge in [-0.1, -0.05) is 23.2 Å². The number of carbonyl (C=O) groups excluding carboxylic acids is 2. The molecular formula is C10H10Cl2N2O3. The summed E-state index contributed by atoms with van der Waals surface area (Å²) in [7, 11) is 1.24. The van der Waals surface area contributed by atoms with Crippen molar-refractivity contribution in [3.8, 4) is 0 Å². The van der Waals surface area contributed by atoms with Crippen molar-refractivity contribution in [1.29, 1.82) is 0 Å². The Balaban J connectivity index is 2.83. The van der Waals surface area contributed by atoms with E-state index in [1.807, 2.05) is 0 Å². The smallest absolute Gasteiger partial charge is 0.328 e. The Morgan fingerprint density at radius 1 is 1.47 bits per heavy atom. The van der Waals surface area contributed by atoms with Gasteiger partial charge in [-0.25, -0.2) is 9.78 Å². The topological polar surface area (TPSA) is 68.3 Å². The van der Waals surface area contributed by atoms with Gasteiger partial charge in [-0.3, -0.25) is 4.79 Å². The Bertz CT molecular complexity index is 451. The molecule has 0 aliphatic carbocycles. The molecule has 92 valence electrons. The van der Waals surface area contributed by atoms with E-state index in [2.05, 4.69) is 15.0 Å². The minimum absolute atomic E-state index is 0.144. The van der Waals surface area contributed by atoms with Gasteiger partial charge >= 0.3 is 5.97 Å². The summed E-state index contributed by atoms with van der Waals surface area (Å²) in [6.07, 6.45) is 1.27. The monoisotopic (exact) mass is 276 g/mol. The predicted molar refractivity (Wildman–Crippen MR) is 63.2 cm³/mol. The second-order valence-corrected chi connectivity index (χ2v) is 4.00. The summed E-state index contributed by atoms with van der Waals surface area (Å²) in [5.74, 6) is -1.06. The summed E-state index contributed by atoms with van der Waals surface area (Å²) < 4.78 is 4.48. The summed E-state index contributed by atoms with van der Waals surface area (Å²) in [5.41, 5.74) is 0.155. The zero-order valence-corrected chi connectivity index (χ0v) is 10.7. The SMILES string of the molecule is COC(=O)[C@H](C)NC(=O)c1cc(Cl)ncc1Cl. The molecule has 1 heterocycles. The molecular weight excluding hydrogens is 267 g/mol. The zero-order chi connectivity index (χ0) is 13.0. The Kier molecular flexibility index (Phi) is 4.72. The number of aromatic nitrogens is 1. The van der Waals surface area contributed by atoms with Crippen molar-refractivity contribution < 1.29 is 14.3 Å². The second-order valence-electron chi connectivity index (χ2n) is 3.21. The van der Waals surface area contributed by atoms with E-state index in [1.165, 1.54) is 26.3 Å². The van der Waals surface area contributed by atoms with E-state index in [-0.39, 0.29) is 15.7 Å². The van der Waals surface area contributed by atoms with Gasteiger partial charge in [0.25, 0.3) is 5.91 Å². The largest absolute Gasteiger partial charge is 0.467 e. The molecule has 0 radical (unpaired) electrons. The number of halogens is 2. The van der Waals surface area contributed by atoms with Gasteiger partial charge in [0.1, 0.15) is 11.2 Å². The molecule has 0 spiro atoms. The highest BCUT2D eigenvalue weighted by atomic mass is 35.5. The van der Waals surface area contributed by atoms with Gasteiger partial charge in [0.15, 0.2) is 0 Å². The van der Waals surface area contributed by atoms with Gasteiger partial charge in [-0.05, 0) is 13.0 Å². The van der Waals surface area contributed by atoms with E-state index in [0.717, 1.165) is 0 Å². The normalized spacial score (nSPS) is 11.8. The number of methoxy groups -OCH3 is 1. The first-order chi connectivity index (χ1) is 7.95. The Labute approximate surface area is 108 Å². The highest BCUT2D eigenvalue weighted by molar-refractivity contribution is 6.35. The molecule has 0 aromatic carbocycles. The summed E-state index contributed by atoms with van der Waals surface area (Å²) in [5, 5.41) is 2.73. The zero-order valence-electron chi connectivity index (χ0n) is 9.16. The van der Waals surface area contributed by atoms with Gasteiger partial charge in [-0.2, -0.15) is 0 Å². The van der Waals surface area contributed by atoms with Crippen LogP contribution in [-0.2, 0) is 9.53 Å². The second kappa shape index (κ2) is 5.84. The summed E-state index contributed by atoms with van der Waals surface area (Å²) >= 11 is 11.4. The third-order valence-electron chi connectivity index (χ3n) is 1.97. The van der Waals surface area contributed by atoms with Crippen molar-refractivity contribution in [2.24, 2.45) is 0 Å². The summed E-state index contributed by atoms with van der Waals surface area (Å²) in [6, 6.07) is 0.555. The van der Waals surface area contributed by atoms with Crippen LogP contribution in [0.15, 0.2) is 12.3 Å². The number of amides is 1. The minimum Gasteiger partial charge on any atom is -0.467 e. The first-order valence-electron chi connectivity index (χ1n) is 4.65. The predicted octanol–water partition coefficient (Wildman–Crippen LogP) is 1.68. The van der Waals surface area contributed by atoms with Crippen LogP contribution in [0.4, 0.5) is 0 Å². The molecule has 0 bridgehead atoms. The lowest BCUT2D eigenvalue weighted by molar-refractivity contribution is -0.142. The van der Waals surface area contributed by atoms with Crippen LogP contribution in [0.1, 0.15) is 17.3 Å². The van der Waals surface area contributed by atoms with E-state index in [4.69, 9.17) is 23.2 Å². The van der Waals surface area contributed by atoms with Crippen molar-refractivity contribution >= 4 is 35.1 Å². The third kappa shape index (κ3) is 3.57. The number of nitrogens with one attached hydrogen (secondary N) is 1. The maximum Gasteiger partial charge on any atom is 0.328 e. The minimum atomic E-state index is -0.768. The van der Waals surface area contributed by atoms with Gasteiger partial charge in [0.2, 0.25) is 0 Å². The molecule has 0 saturated heterocycles. The van der Waals surface area contributed by atoms with E-state index in [0.29, 0.717) is 0 Å². The molecule has 1 rings (SSSR count). The molecule has 0 fully saturated rings. The lowest BCUT2D eigenvalue weighted by atomic mass is 10.2. The highest BCUT2D eigenvalue weighted by Crippen LogP contribution is 2.17. The fourth-order valence-electron chi connectivity index (χ4n) is 1.10. The number of rotatable bonds is 3. The number of hydrogen-bond acceptors (Lipinski definition) is 4. The molecule has 1 aromatic heterocycles. The Hall–Kier alpha value is -1.33. The quantitative estimate of drug-likeness (QED) is 0.674. The van der Waals surface area contributed by atoms with Gasteiger partial charge in [-0.15, -0.1) is 0 Å². The molecule has 17 heavy (non-hydrogen) atoms. The fourth-order valence-corrected chi connectivity index (χ4v) is 1.44. The summed E-state index contributed by atoms with van der Waals surface area (Å²) in [4.78, 5) is 26.6. The van der Waals surface area contributed by atoms with Gasteiger partial charge in [0.05, 0.1) is 17.7 Å². The van der Waals surface area contributed by atoms with E-state index in [9.17, 15) is 9.59 Å². The van der Waals surface area contributed by atoms with Gasteiger partial charge < -0.3 is 10.1 Å². The van der Waals surface area contributed by atoms with Crippen LogP contribution in [0.5, 0.6) is 0 Å². The first-order valence-corrected chi connectivity index (χ1v) is 5.41. The molecule has 0 unspecified atom stereocenters. The molecule has 1 atom stereocenters. The van der Waals surface area contributed by atoms with Crippen molar-refractivity contribution in [2.75, 3.05) is 7.11 Å². The van der Waals surface area contributed by atoms with Gasteiger partial charge in [0, 0.05) is 6.20 Å². The molecule has 1 amide bonds. The standard InChI is InChI=1S/C10H10Cl2N2O3/c1-5(10(16)17-2)14-9(15)6-3-8(12)13-4-7(6)11/h3-5H,1-2H3,(H,14,15)/t5-/m0/s1. The van der Waals surface area contributed by atoms with Crippen molar-refractivity contribution in [3.63, 3.8) is 0 Å². The Morgan fingerprint density at radius 3 is 2.71 bits per heavy atom. The van der Waals surface area contributed by atoms with E-state index in [1.54, 1.807) is 0 Å². The molecule has 1 aromatic rings. The molecule has 0 aliphatic rings. The van der Waals surface area contributed by atoms with Crippen LogP contribution in [0.3, 0.4) is 0 Å². The number of hydrogen-bond donors (Lipinski definition) is 1. The Morgan fingerprint density at radius 2 is 2.12 bits per heavy atom. The van der Waals surface area contributed by atoms with Crippen LogP contribution < -0.4 is 5.32 Å². The van der Waals surface area contributed by atoms with Crippen molar-refractivity contribution in [3.05, 3.63) is 28.0 Å². The van der Waals surface area contributed by atoms with Crippen molar-refractivity contribution in [2.45, 2.75) is 13.0 Å². The molecule has 7 heteroatoms. The van der Waals surface area contributed by atoms with Crippen LogP contribution in [0, 0.1) is 0 Å². The van der Waals surface area contributed by atoms with Crippen LogP contribution in [0.2, 0.25) is 10.2 Å². The molecule has 0 saturated carbocycles.